The number of halogens is 1. The maximum Gasteiger partial charge on any atom is 0.128 e. The molecule has 0 aliphatic heterocycles. The van der Waals surface area contributed by atoms with Gasteiger partial charge >= 0.3 is 0 Å². The Morgan fingerprint density at radius 2 is 1.84 bits per heavy atom. The molecular formula is C16H14FNO. The molecule has 0 saturated heterocycles. The van der Waals surface area contributed by atoms with E-state index in [1.165, 1.54) is 23.1 Å². The molecule has 19 heavy (non-hydrogen) atoms. The van der Waals surface area contributed by atoms with Gasteiger partial charge in [0.05, 0.1) is 5.69 Å². The molecule has 0 spiro atoms. The van der Waals surface area contributed by atoms with Gasteiger partial charge in [-0.1, -0.05) is 11.6 Å². The first-order chi connectivity index (χ1) is 9.20. The number of aromatic amines is 1. The van der Waals surface area contributed by atoms with Crippen LogP contribution in [0.5, 0.6) is 5.75 Å². The molecule has 1 heterocycles. The van der Waals surface area contributed by atoms with Crippen LogP contribution in [0.2, 0.25) is 0 Å². The minimum Gasteiger partial charge on any atom is -0.487 e. The van der Waals surface area contributed by atoms with Crippen LogP contribution in [0.3, 0.4) is 0 Å². The molecule has 0 saturated carbocycles. The van der Waals surface area contributed by atoms with Crippen LogP contribution in [0.1, 0.15) is 11.3 Å². The first-order valence-electron chi connectivity index (χ1n) is 6.17. The maximum absolute atomic E-state index is 12.8. The molecule has 3 rings (SSSR count). The number of ether oxygens (including phenoxy) is 1. The number of hydrogen-bond donors (Lipinski definition) is 1. The molecule has 1 aromatic heterocycles. The van der Waals surface area contributed by atoms with E-state index in [1.807, 2.05) is 0 Å². The van der Waals surface area contributed by atoms with Gasteiger partial charge < -0.3 is 9.72 Å². The number of H-pyrrole nitrogens is 1. The van der Waals surface area contributed by atoms with Crippen LogP contribution in [-0.2, 0) is 6.61 Å². The van der Waals surface area contributed by atoms with Crippen LogP contribution >= 0.6 is 0 Å². The summed E-state index contributed by atoms with van der Waals surface area (Å²) in [5.41, 5.74) is 3.34. The molecule has 0 aliphatic rings. The SMILES string of the molecule is Cc1ccc2[nH]c(COc3ccc(F)cc3)cc2c1. The van der Waals surface area contributed by atoms with Crippen LogP contribution < -0.4 is 4.74 Å². The van der Waals surface area contributed by atoms with Crippen molar-refractivity contribution in [1.82, 2.24) is 4.98 Å². The van der Waals surface area contributed by atoms with Gasteiger partial charge in [-0.15, -0.1) is 0 Å². The number of benzene rings is 2. The molecule has 0 radical (unpaired) electrons. The Balaban J connectivity index is 1.76. The zero-order valence-corrected chi connectivity index (χ0v) is 10.6. The van der Waals surface area contributed by atoms with Crippen LogP contribution in [0.15, 0.2) is 48.5 Å². The van der Waals surface area contributed by atoms with Crippen molar-refractivity contribution < 1.29 is 9.13 Å². The second-order valence-corrected chi connectivity index (χ2v) is 4.63. The number of aryl methyl sites for hydroxylation is 1. The summed E-state index contributed by atoms with van der Waals surface area (Å²) in [5, 5.41) is 1.18. The van der Waals surface area contributed by atoms with Crippen molar-refractivity contribution in [2.24, 2.45) is 0 Å². The average molecular weight is 255 g/mol. The Bertz CT molecular complexity index is 700. The number of rotatable bonds is 3. The van der Waals surface area contributed by atoms with Gasteiger partial charge in [0.25, 0.3) is 0 Å². The van der Waals surface area contributed by atoms with E-state index < -0.39 is 0 Å². The van der Waals surface area contributed by atoms with Gasteiger partial charge in [0.2, 0.25) is 0 Å². The molecule has 0 unspecified atom stereocenters. The largest absolute Gasteiger partial charge is 0.487 e. The van der Waals surface area contributed by atoms with Crippen molar-refractivity contribution in [1.29, 1.82) is 0 Å². The van der Waals surface area contributed by atoms with E-state index in [4.69, 9.17) is 4.74 Å². The third-order valence-electron chi connectivity index (χ3n) is 3.04. The van der Waals surface area contributed by atoms with Gasteiger partial charge in [-0.05, 0) is 49.4 Å². The van der Waals surface area contributed by atoms with E-state index in [0.29, 0.717) is 12.4 Å². The van der Waals surface area contributed by atoms with Gasteiger partial charge in [0.1, 0.15) is 18.2 Å². The zero-order chi connectivity index (χ0) is 13.2. The maximum atomic E-state index is 12.8. The minimum absolute atomic E-state index is 0.256. The summed E-state index contributed by atoms with van der Waals surface area (Å²) < 4.78 is 18.4. The molecule has 0 amide bonds. The molecule has 1 N–H and O–H groups in total. The summed E-state index contributed by atoms with van der Waals surface area (Å²) in [6.45, 7) is 2.51. The number of hydrogen-bond acceptors (Lipinski definition) is 1. The second-order valence-electron chi connectivity index (χ2n) is 4.63. The van der Waals surface area contributed by atoms with E-state index >= 15 is 0 Å². The van der Waals surface area contributed by atoms with Crippen molar-refractivity contribution in [3.63, 3.8) is 0 Å². The lowest BCUT2D eigenvalue weighted by atomic mass is 10.2. The predicted octanol–water partition coefficient (Wildman–Crippen LogP) is 4.19. The van der Waals surface area contributed by atoms with E-state index in [0.717, 1.165) is 11.2 Å². The lowest BCUT2D eigenvalue weighted by Crippen LogP contribution is -1.95. The lowest BCUT2D eigenvalue weighted by molar-refractivity contribution is 0.302. The quantitative estimate of drug-likeness (QED) is 0.745. The minimum atomic E-state index is -0.256. The lowest BCUT2D eigenvalue weighted by Gasteiger charge is -2.03. The van der Waals surface area contributed by atoms with E-state index in [2.05, 4.69) is 36.2 Å². The smallest absolute Gasteiger partial charge is 0.128 e. The zero-order valence-electron chi connectivity index (χ0n) is 10.6. The molecule has 96 valence electrons. The van der Waals surface area contributed by atoms with Gasteiger partial charge in [-0.2, -0.15) is 0 Å². The van der Waals surface area contributed by atoms with Crippen LogP contribution in [0, 0.1) is 12.7 Å². The molecule has 3 aromatic rings. The summed E-state index contributed by atoms with van der Waals surface area (Å²) in [4.78, 5) is 3.31. The summed E-state index contributed by atoms with van der Waals surface area (Å²) in [5.74, 6) is 0.407. The Kier molecular flexibility index (Phi) is 2.95. The highest BCUT2D eigenvalue weighted by Crippen LogP contribution is 2.19. The Morgan fingerprint density at radius 3 is 2.63 bits per heavy atom. The van der Waals surface area contributed by atoms with Crippen molar-refractivity contribution in [2.45, 2.75) is 13.5 Å². The second kappa shape index (κ2) is 4.76. The highest BCUT2D eigenvalue weighted by atomic mass is 19.1. The Morgan fingerprint density at radius 1 is 1.05 bits per heavy atom. The van der Waals surface area contributed by atoms with Crippen molar-refractivity contribution in [2.75, 3.05) is 0 Å². The molecule has 2 nitrogen and oxygen atoms in total. The molecule has 0 bridgehead atoms. The highest BCUT2D eigenvalue weighted by Gasteiger charge is 2.02. The highest BCUT2D eigenvalue weighted by molar-refractivity contribution is 5.81. The van der Waals surface area contributed by atoms with Gasteiger partial charge in [0.15, 0.2) is 0 Å². The fourth-order valence-corrected chi connectivity index (χ4v) is 2.08. The third kappa shape index (κ3) is 2.60. The Hall–Kier alpha value is -2.29. The molecule has 0 aliphatic carbocycles. The molecular weight excluding hydrogens is 241 g/mol. The monoisotopic (exact) mass is 255 g/mol. The number of aromatic nitrogens is 1. The summed E-state index contributed by atoms with van der Waals surface area (Å²) in [6.07, 6.45) is 0. The normalized spacial score (nSPS) is 10.8. The van der Waals surface area contributed by atoms with E-state index in [-0.39, 0.29) is 5.82 Å². The molecule has 3 heteroatoms. The van der Waals surface area contributed by atoms with Crippen LogP contribution in [0.25, 0.3) is 10.9 Å². The molecule has 2 aromatic carbocycles. The van der Waals surface area contributed by atoms with Crippen LogP contribution in [-0.4, -0.2) is 4.98 Å². The van der Waals surface area contributed by atoms with Gasteiger partial charge in [0, 0.05) is 10.9 Å². The van der Waals surface area contributed by atoms with Gasteiger partial charge in [-0.3, -0.25) is 0 Å². The fourth-order valence-electron chi connectivity index (χ4n) is 2.08. The first-order valence-corrected chi connectivity index (χ1v) is 6.17. The van der Waals surface area contributed by atoms with Crippen LogP contribution in [0.4, 0.5) is 4.39 Å². The molecule has 0 fully saturated rings. The Labute approximate surface area is 110 Å². The number of fused-ring (bicyclic) bond motifs is 1. The summed E-state index contributed by atoms with van der Waals surface area (Å²) in [6, 6.07) is 14.4. The summed E-state index contributed by atoms with van der Waals surface area (Å²) >= 11 is 0. The summed E-state index contributed by atoms with van der Waals surface area (Å²) in [7, 11) is 0. The first kappa shape index (κ1) is 11.8. The predicted molar refractivity (Wildman–Crippen MR) is 73.8 cm³/mol. The van der Waals surface area contributed by atoms with Crippen molar-refractivity contribution in [3.8, 4) is 5.75 Å². The fraction of sp³-hybridized carbons (Fsp3) is 0.125. The molecule has 0 atom stereocenters. The third-order valence-corrected chi connectivity index (χ3v) is 3.04. The standard InChI is InChI=1S/C16H14FNO/c1-11-2-7-16-12(8-11)9-14(18-16)10-19-15-5-3-13(17)4-6-15/h2-9,18H,10H2,1H3. The van der Waals surface area contributed by atoms with Crippen molar-refractivity contribution >= 4 is 10.9 Å². The average Bonchev–Trinajstić information content (AvgIpc) is 2.80. The van der Waals surface area contributed by atoms with Crippen molar-refractivity contribution in [3.05, 3.63) is 65.6 Å². The topological polar surface area (TPSA) is 25.0 Å². The van der Waals surface area contributed by atoms with Gasteiger partial charge in [-0.25, -0.2) is 4.39 Å². The van der Waals surface area contributed by atoms with E-state index in [1.54, 1.807) is 12.1 Å². The van der Waals surface area contributed by atoms with E-state index in [9.17, 15) is 4.39 Å². The number of nitrogens with one attached hydrogen (secondary N) is 1.